The summed E-state index contributed by atoms with van der Waals surface area (Å²) >= 11 is 5.07. The van der Waals surface area contributed by atoms with Gasteiger partial charge < -0.3 is 10.6 Å². The molecule has 1 fully saturated rings. The minimum absolute atomic E-state index is 0.00880. The quantitative estimate of drug-likeness (QED) is 0.806. The van der Waals surface area contributed by atoms with Gasteiger partial charge in [0, 0.05) is 6.04 Å². The van der Waals surface area contributed by atoms with E-state index in [1.54, 1.807) is 6.07 Å². The van der Waals surface area contributed by atoms with Crippen LogP contribution >= 0.6 is 12.2 Å². The fourth-order valence-corrected chi connectivity index (χ4v) is 2.53. The average molecular weight is 288 g/mol. The molecule has 1 aliphatic rings. The third kappa shape index (κ3) is 3.83. The molecule has 0 aliphatic heterocycles. The maximum absolute atomic E-state index is 12.8. The van der Waals surface area contributed by atoms with Crippen LogP contribution in [0.25, 0.3) is 0 Å². The standard InChI is InChI=1S/C13H15F3N2S/c14-13(15,16)10-7-3-4-8-11(10)18-12(19)17-9-5-1-2-6-9/h3-4,7-9H,1-2,5-6H2,(H2,17,18,19). The molecule has 0 aromatic heterocycles. The van der Waals surface area contributed by atoms with Crippen LogP contribution in [0, 0.1) is 0 Å². The third-order valence-corrected chi connectivity index (χ3v) is 3.39. The largest absolute Gasteiger partial charge is 0.418 e. The zero-order valence-electron chi connectivity index (χ0n) is 10.3. The summed E-state index contributed by atoms with van der Waals surface area (Å²) in [5.74, 6) is 0. The van der Waals surface area contributed by atoms with Crippen molar-refractivity contribution in [3.05, 3.63) is 29.8 Å². The summed E-state index contributed by atoms with van der Waals surface area (Å²) in [7, 11) is 0. The lowest BCUT2D eigenvalue weighted by Crippen LogP contribution is -2.36. The van der Waals surface area contributed by atoms with Crippen molar-refractivity contribution >= 4 is 23.0 Å². The summed E-state index contributed by atoms with van der Waals surface area (Å²) in [6, 6.07) is 5.61. The third-order valence-electron chi connectivity index (χ3n) is 3.17. The highest BCUT2D eigenvalue weighted by atomic mass is 32.1. The molecule has 0 atom stereocenters. The molecule has 0 heterocycles. The zero-order valence-corrected chi connectivity index (χ0v) is 11.1. The summed E-state index contributed by atoms with van der Waals surface area (Å²) in [6.45, 7) is 0. The second kappa shape index (κ2) is 5.77. The first-order chi connectivity index (χ1) is 8.97. The molecule has 19 heavy (non-hydrogen) atoms. The predicted octanol–water partition coefficient (Wildman–Crippen LogP) is 3.93. The van der Waals surface area contributed by atoms with Gasteiger partial charge in [-0.1, -0.05) is 25.0 Å². The molecule has 2 nitrogen and oxygen atoms in total. The molecule has 1 aliphatic carbocycles. The fraction of sp³-hybridized carbons (Fsp3) is 0.462. The van der Waals surface area contributed by atoms with Crippen LogP contribution in [-0.2, 0) is 6.18 Å². The van der Waals surface area contributed by atoms with Crippen LogP contribution in [0.15, 0.2) is 24.3 Å². The highest BCUT2D eigenvalue weighted by Gasteiger charge is 2.33. The number of anilines is 1. The Hall–Kier alpha value is -1.30. The van der Waals surface area contributed by atoms with E-state index in [0.29, 0.717) is 0 Å². The molecular formula is C13H15F3N2S. The first-order valence-electron chi connectivity index (χ1n) is 6.20. The second-order valence-electron chi connectivity index (χ2n) is 4.62. The number of hydrogen-bond donors (Lipinski definition) is 2. The van der Waals surface area contributed by atoms with Crippen LogP contribution in [0.4, 0.5) is 18.9 Å². The Balaban J connectivity index is 2.04. The van der Waals surface area contributed by atoms with E-state index in [0.717, 1.165) is 31.7 Å². The molecular weight excluding hydrogens is 273 g/mol. The molecule has 0 radical (unpaired) electrons. The Bertz CT molecular complexity index is 453. The van der Waals surface area contributed by atoms with Crippen molar-refractivity contribution in [1.82, 2.24) is 5.32 Å². The highest BCUT2D eigenvalue weighted by Crippen LogP contribution is 2.34. The minimum atomic E-state index is -4.38. The molecule has 2 N–H and O–H groups in total. The molecule has 1 saturated carbocycles. The average Bonchev–Trinajstić information content (AvgIpc) is 2.81. The van der Waals surface area contributed by atoms with Gasteiger partial charge in [0.15, 0.2) is 5.11 Å². The molecule has 0 saturated heterocycles. The van der Waals surface area contributed by atoms with E-state index in [1.807, 2.05) is 0 Å². The molecule has 0 amide bonds. The zero-order chi connectivity index (χ0) is 13.9. The van der Waals surface area contributed by atoms with Gasteiger partial charge in [0.25, 0.3) is 0 Å². The van der Waals surface area contributed by atoms with Gasteiger partial charge in [0.05, 0.1) is 11.3 Å². The number of rotatable bonds is 2. The monoisotopic (exact) mass is 288 g/mol. The first-order valence-corrected chi connectivity index (χ1v) is 6.61. The molecule has 0 bridgehead atoms. The summed E-state index contributed by atoms with van der Waals surface area (Å²) in [4.78, 5) is 0. The van der Waals surface area contributed by atoms with Gasteiger partial charge in [-0.05, 0) is 37.2 Å². The fourth-order valence-electron chi connectivity index (χ4n) is 2.25. The lowest BCUT2D eigenvalue weighted by atomic mass is 10.1. The van der Waals surface area contributed by atoms with Crippen LogP contribution in [0.5, 0.6) is 0 Å². The summed E-state index contributed by atoms with van der Waals surface area (Å²) < 4.78 is 38.4. The number of nitrogens with one attached hydrogen (secondary N) is 2. The number of benzene rings is 1. The van der Waals surface area contributed by atoms with Gasteiger partial charge in [0.1, 0.15) is 0 Å². The smallest absolute Gasteiger partial charge is 0.360 e. The maximum Gasteiger partial charge on any atom is 0.418 e. The SMILES string of the molecule is FC(F)(F)c1ccccc1NC(=S)NC1CCCC1. The van der Waals surface area contributed by atoms with E-state index in [4.69, 9.17) is 12.2 Å². The molecule has 0 spiro atoms. The van der Waals surface area contributed by atoms with E-state index in [1.165, 1.54) is 12.1 Å². The van der Waals surface area contributed by atoms with Gasteiger partial charge >= 0.3 is 6.18 Å². The maximum atomic E-state index is 12.8. The van der Waals surface area contributed by atoms with Crippen LogP contribution in [0.2, 0.25) is 0 Å². The van der Waals surface area contributed by atoms with Crippen molar-refractivity contribution in [2.45, 2.75) is 37.9 Å². The van der Waals surface area contributed by atoms with Crippen molar-refractivity contribution in [2.75, 3.05) is 5.32 Å². The molecule has 1 aromatic rings. The lowest BCUT2D eigenvalue weighted by molar-refractivity contribution is -0.136. The Morgan fingerprint density at radius 1 is 1.16 bits per heavy atom. The Labute approximate surface area is 115 Å². The Morgan fingerprint density at radius 2 is 1.79 bits per heavy atom. The Kier molecular flexibility index (Phi) is 4.29. The van der Waals surface area contributed by atoms with Crippen molar-refractivity contribution in [1.29, 1.82) is 0 Å². The molecule has 0 unspecified atom stereocenters. The molecule has 2 rings (SSSR count). The first kappa shape index (κ1) is 14.1. The molecule has 1 aromatic carbocycles. The highest BCUT2D eigenvalue weighted by molar-refractivity contribution is 7.80. The number of hydrogen-bond acceptors (Lipinski definition) is 1. The summed E-state index contributed by atoms with van der Waals surface area (Å²) in [6.07, 6.45) is -0.0725. The van der Waals surface area contributed by atoms with Gasteiger partial charge in [-0.15, -0.1) is 0 Å². The summed E-state index contributed by atoms with van der Waals surface area (Å²) in [5.41, 5.74) is -0.712. The van der Waals surface area contributed by atoms with Crippen molar-refractivity contribution < 1.29 is 13.2 Å². The molecule has 6 heteroatoms. The van der Waals surface area contributed by atoms with Gasteiger partial charge in [-0.25, -0.2) is 0 Å². The number of alkyl halides is 3. The van der Waals surface area contributed by atoms with E-state index < -0.39 is 11.7 Å². The van der Waals surface area contributed by atoms with Crippen LogP contribution in [0.1, 0.15) is 31.2 Å². The van der Waals surface area contributed by atoms with Gasteiger partial charge in [0.2, 0.25) is 0 Å². The number of thiocarbonyl (C=S) groups is 1. The normalized spacial score (nSPS) is 16.4. The van der Waals surface area contributed by atoms with Gasteiger partial charge in [-0.2, -0.15) is 13.2 Å². The van der Waals surface area contributed by atoms with E-state index in [9.17, 15) is 13.2 Å². The van der Waals surface area contributed by atoms with E-state index in [-0.39, 0.29) is 16.8 Å². The predicted molar refractivity (Wildman–Crippen MR) is 73.1 cm³/mol. The van der Waals surface area contributed by atoms with Crippen LogP contribution in [-0.4, -0.2) is 11.2 Å². The van der Waals surface area contributed by atoms with Crippen LogP contribution in [0.3, 0.4) is 0 Å². The van der Waals surface area contributed by atoms with E-state index in [2.05, 4.69) is 10.6 Å². The van der Waals surface area contributed by atoms with Crippen molar-refractivity contribution in [2.24, 2.45) is 0 Å². The van der Waals surface area contributed by atoms with Crippen molar-refractivity contribution in [3.63, 3.8) is 0 Å². The van der Waals surface area contributed by atoms with Gasteiger partial charge in [-0.3, -0.25) is 0 Å². The molecule has 104 valence electrons. The number of halogens is 3. The summed E-state index contributed by atoms with van der Waals surface area (Å²) in [5, 5.41) is 5.96. The Morgan fingerprint density at radius 3 is 2.42 bits per heavy atom. The number of para-hydroxylation sites is 1. The second-order valence-corrected chi connectivity index (χ2v) is 5.03. The minimum Gasteiger partial charge on any atom is -0.360 e. The lowest BCUT2D eigenvalue weighted by Gasteiger charge is -2.18. The van der Waals surface area contributed by atoms with Crippen molar-refractivity contribution in [3.8, 4) is 0 Å². The van der Waals surface area contributed by atoms with Crippen LogP contribution < -0.4 is 10.6 Å². The van der Waals surface area contributed by atoms with E-state index >= 15 is 0 Å². The topological polar surface area (TPSA) is 24.1 Å².